The van der Waals surface area contributed by atoms with Crippen LogP contribution in [0.25, 0.3) is 11.1 Å². The number of rotatable bonds is 8. The largest absolute Gasteiger partial charge is 0.496 e. The molecule has 2 aromatic heterocycles. The molecule has 6 rings (SSSR count). The number of pyridine rings is 1. The predicted molar refractivity (Wildman–Crippen MR) is 175 cm³/mol. The highest BCUT2D eigenvalue weighted by molar-refractivity contribution is 5.94. The van der Waals surface area contributed by atoms with Crippen LogP contribution < -0.4 is 9.64 Å². The third kappa shape index (κ3) is 6.54. The average Bonchev–Trinajstić information content (AvgIpc) is 3.56. The molecule has 2 heterocycles. The molecule has 10 heteroatoms. The van der Waals surface area contributed by atoms with Gasteiger partial charge < -0.3 is 9.84 Å². The number of aliphatic hydroxyl groups is 1. The molecule has 3 aromatic rings. The lowest BCUT2D eigenvalue weighted by atomic mass is 9.56. The highest BCUT2D eigenvalue weighted by Crippen LogP contribution is 2.53. The monoisotopic (exact) mass is 652 g/mol. The number of amides is 1. The van der Waals surface area contributed by atoms with Gasteiger partial charge in [-0.2, -0.15) is 18.3 Å². The second-order valence-electron chi connectivity index (χ2n) is 14.7. The maximum Gasteiger partial charge on any atom is 0.413 e. The zero-order valence-corrected chi connectivity index (χ0v) is 27.9. The molecule has 1 amide bonds. The van der Waals surface area contributed by atoms with Crippen molar-refractivity contribution >= 4 is 11.7 Å². The van der Waals surface area contributed by atoms with Gasteiger partial charge in [0.15, 0.2) is 5.54 Å². The van der Waals surface area contributed by atoms with Gasteiger partial charge in [0.1, 0.15) is 11.6 Å². The zero-order chi connectivity index (χ0) is 33.6. The Morgan fingerprint density at radius 3 is 2.53 bits per heavy atom. The van der Waals surface area contributed by atoms with Gasteiger partial charge in [-0.25, -0.2) is 4.98 Å². The molecule has 3 fully saturated rings. The molecule has 254 valence electrons. The molecule has 3 aliphatic rings. The lowest BCUT2D eigenvalue weighted by Gasteiger charge is -2.50. The highest BCUT2D eigenvalue weighted by Gasteiger charge is 2.50. The Bertz CT molecular complexity index is 1580. The number of halogens is 3. The molecule has 0 radical (unpaired) electrons. The number of carbonyl (C=O) groups is 1. The summed E-state index contributed by atoms with van der Waals surface area (Å²) in [5, 5.41) is 14.2. The molecule has 3 atom stereocenters. The van der Waals surface area contributed by atoms with Crippen LogP contribution in [0.5, 0.6) is 5.75 Å². The van der Waals surface area contributed by atoms with E-state index in [4.69, 9.17) is 4.74 Å². The van der Waals surface area contributed by atoms with Crippen LogP contribution in [0, 0.1) is 24.7 Å². The van der Waals surface area contributed by atoms with Crippen molar-refractivity contribution in [3.05, 3.63) is 60.0 Å². The van der Waals surface area contributed by atoms with Crippen LogP contribution in [0.2, 0.25) is 0 Å². The van der Waals surface area contributed by atoms with Gasteiger partial charge in [0.05, 0.1) is 19.4 Å². The number of aromatic nitrogens is 3. The Labute approximate surface area is 275 Å². The number of ether oxygens (including phenoxy) is 1. The van der Waals surface area contributed by atoms with E-state index in [2.05, 4.69) is 35.2 Å². The summed E-state index contributed by atoms with van der Waals surface area (Å²) >= 11 is 0. The summed E-state index contributed by atoms with van der Waals surface area (Å²) < 4.78 is 47.7. The summed E-state index contributed by atoms with van der Waals surface area (Å²) in [6.07, 6.45) is 8.66. The molecule has 47 heavy (non-hydrogen) atoms. The number of aryl methyl sites for hydroxylation is 1. The second kappa shape index (κ2) is 12.9. The Kier molecular flexibility index (Phi) is 9.19. The molecule has 2 bridgehead atoms. The van der Waals surface area contributed by atoms with Crippen molar-refractivity contribution in [2.24, 2.45) is 17.8 Å². The van der Waals surface area contributed by atoms with Gasteiger partial charge >= 0.3 is 6.18 Å². The van der Waals surface area contributed by atoms with Crippen molar-refractivity contribution in [1.82, 2.24) is 14.8 Å². The number of benzene rings is 1. The number of nitrogens with zero attached hydrogens (tertiary/aromatic N) is 4. The van der Waals surface area contributed by atoms with E-state index in [1.807, 2.05) is 11.0 Å². The summed E-state index contributed by atoms with van der Waals surface area (Å²) in [6, 6.07) is 10.2. The average molecular weight is 653 g/mol. The molecule has 3 unspecified atom stereocenters. The highest BCUT2D eigenvalue weighted by atomic mass is 19.4. The van der Waals surface area contributed by atoms with Gasteiger partial charge in [-0.05, 0) is 124 Å². The van der Waals surface area contributed by atoms with Crippen molar-refractivity contribution in [2.75, 3.05) is 18.6 Å². The van der Waals surface area contributed by atoms with E-state index < -0.39 is 11.7 Å². The van der Waals surface area contributed by atoms with Crippen molar-refractivity contribution in [3.8, 4) is 16.9 Å². The van der Waals surface area contributed by atoms with Crippen molar-refractivity contribution in [2.45, 2.75) is 108 Å². The van der Waals surface area contributed by atoms with Crippen LogP contribution >= 0.6 is 0 Å². The summed E-state index contributed by atoms with van der Waals surface area (Å²) in [7, 11) is 1.71. The molecule has 7 nitrogen and oxygen atoms in total. The first-order valence-electron chi connectivity index (χ1n) is 17.0. The minimum Gasteiger partial charge on any atom is -0.496 e. The molecular formula is C37H47F3N4O3. The van der Waals surface area contributed by atoms with Gasteiger partial charge in [0.25, 0.3) is 0 Å². The second-order valence-corrected chi connectivity index (χ2v) is 14.7. The lowest BCUT2D eigenvalue weighted by molar-refractivity contribution is -0.205. The first-order valence-corrected chi connectivity index (χ1v) is 17.0. The molecule has 3 saturated carbocycles. The summed E-state index contributed by atoms with van der Waals surface area (Å²) in [6.45, 7) is 4.85. The van der Waals surface area contributed by atoms with Crippen LogP contribution in [-0.4, -0.2) is 51.7 Å². The SMILES string of the molecule is COc1ccc(C23CCCC(C2)C(CN(C(=O)C2CCC(O)CC2)c2cc(-c4cnn(C(C)(C)C(F)(F)F)c4)ccn2)CC3)cc1C. The number of hydrogen-bond donors (Lipinski definition) is 1. The Hall–Kier alpha value is -3.40. The van der Waals surface area contributed by atoms with E-state index in [1.54, 1.807) is 19.4 Å². The summed E-state index contributed by atoms with van der Waals surface area (Å²) in [5.74, 6) is 2.02. The normalized spacial score (nSPS) is 26.6. The van der Waals surface area contributed by atoms with Crippen LogP contribution in [0.4, 0.5) is 19.0 Å². The van der Waals surface area contributed by atoms with E-state index in [9.17, 15) is 23.1 Å². The van der Waals surface area contributed by atoms with Crippen LogP contribution in [0.15, 0.2) is 48.9 Å². The van der Waals surface area contributed by atoms with Crippen LogP contribution in [0.3, 0.4) is 0 Å². The van der Waals surface area contributed by atoms with Gasteiger partial charge in [0.2, 0.25) is 5.91 Å². The van der Waals surface area contributed by atoms with Crippen LogP contribution in [-0.2, 0) is 15.7 Å². The molecule has 1 N–H and O–H groups in total. The smallest absolute Gasteiger partial charge is 0.413 e. The molecule has 3 aliphatic carbocycles. The molecular weight excluding hydrogens is 605 g/mol. The number of anilines is 1. The quantitative estimate of drug-likeness (QED) is 0.267. The number of alkyl halides is 3. The maximum atomic E-state index is 14.3. The van der Waals surface area contributed by atoms with E-state index in [0.29, 0.717) is 61.0 Å². The van der Waals surface area contributed by atoms with Gasteiger partial charge in [-0.15, -0.1) is 0 Å². The van der Waals surface area contributed by atoms with E-state index in [-0.39, 0.29) is 23.3 Å². The van der Waals surface area contributed by atoms with Crippen molar-refractivity contribution < 1.29 is 27.8 Å². The van der Waals surface area contributed by atoms with Crippen LogP contribution in [0.1, 0.15) is 89.2 Å². The lowest BCUT2D eigenvalue weighted by Crippen LogP contribution is -2.47. The third-order valence-corrected chi connectivity index (χ3v) is 11.5. The van der Waals surface area contributed by atoms with Gasteiger partial charge in [-0.3, -0.25) is 14.4 Å². The molecule has 0 aliphatic heterocycles. The van der Waals surface area contributed by atoms with E-state index in [1.165, 1.54) is 18.0 Å². The first-order chi connectivity index (χ1) is 22.3. The van der Waals surface area contributed by atoms with E-state index in [0.717, 1.165) is 68.4 Å². The number of aliphatic hydroxyl groups excluding tert-OH is 1. The Morgan fingerprint density at radius 1 is 1.06 bits per heavy atom. The van der Waals surface area contributed by atoms with Gasteiger partial charge in [0, 0.05) is 30.4 Å². The number of hydrogen-bond acceptors (Lipinski definition) is 5. The summed E-state index contributed by atoms with van der Waals surface area (Å²) in [5.41, 5.74) is 1.69. The third-order valence-electron chi connectivity index (χ3n) is 11.5. The Balaban J connectivity index is 1.28. The fourth-order valence-electron chi connectivity index (χ4n) is 8.32. The number of methoxy groups -OCH3 is 1. The first kappa shape index (κ1) is 33.5. The fourth-order valence-corrected chi connectivity index (χ4v) is 8.32. The van der Waals surface area contributed by atoms with Gasteiger partial charge in [-0.1, -0.05) is 25.0 Å². The predicted octanol–water partition coefficient (Wildman–Crippen LogP) is 7.98. The summed E-state index contributed by atoms with van der Waals surface area (Å²) in [4.78, 5) is 20.8. The molecule has 1 aromatic carbocycles. The Morgan fingerprint density at radius 2 is 1.83 bits per heavy atom. The van der Waals surface area contributed by atoms with Crippen molar-refractivity contribution in [1.29, 1.82) is 0 Å². The number of fused-ring (bicyclic) bond motifs is 2. The minimum absolute atomic E-state index is 0.0221. The molecule has 0 saturated heterocycles. The maximum absolute atomic E-state index is 14.3. The van der Waals surface area contributed by atoms with Crippen molar-refractivity contribution in [3.63, 3.8) is 0 Å². The fraction of sp³-hybridized carbons (Fsp3) is 0.595. The topological polar surface area (TPSA) is 80.5 Å². The standard InChI is InChI=1S/C37H47F3N4O3/c1-24-18-30(9-12-32(24)47-4)36-15-5-6-27(20-36)28(13-16-36)22-43(34(46)25-7-10-31(45)11-8-25)33-19-26(14-17-41-33)29-21-42-44(23-29)35(2,3)37(38,39)40/h9,12,14,17-19,21,23,25,27-28,31,45H,5-8,10-11,13,15-16,20,22H2,1-4H3. The number of carbonyl (C=O) groups excluding carboxylic acids is 1. The van der Waals surface area contributed by atoms with E-state index >= 15 is 0 Å². The molecule has 0 spiro atoms. The minimum atomic E-state index is -4.47. The zero-order valence-electron chi connectivity index (χ0n) is 27.9.